The Hall–Kier alpha value is -3.01. The summed E-state index contributed by atoms with van der Waals surface area (Å²) >= 11 is 0. The Morgan fingerprint density at radius 2 is 1.74 bits per heavy atom. The Kier molecular flexibility index (Phi) is 5.58. The van der Waals surface area contributed by atoms with Crippen LogP contribution in [0.3, 0.4) is 0 Å². The zero-order chi connectivity index (χ0) is 16.7. The minimum absolute atomic E-state index is 0.0955. The van der Waals surface area contributed by atoms with Crippen LogP contribution in [0, 0.1) is 0 Å². The van der Waals surface area contributed by atoms with Gasteiger partial charge in [-0.15, -0.1) is 13.2 Å². The highest BCUT2D eigenvalue weighted by molar-refractivity contribution is 5.88. The van der Waals surface area contributed by atoms with Gasteiger partial charge in [0.05, 0.1) is 11.9 Å². The highest BCUT2D eigenvalue weighted by Gasteiger charge is 2.14. The molecule has 0 saturated carbocycles. The maximum absolute atomic E-state index is 10.4. The molecule has 2 aromatic carbocycles. The molecule has 0 unspecified atom stereocenters. The molecule has 2 rings (SSSR count). The Morgan fingerprint density at radius 3 is 2.39 bits per heavy atom. The molecule has 0 aliphatic rings. The van der Waals surface area contributed by atoms with Gasteiger partial charge in [0.15, 0.2) is 0 Å². The summed E-state index contributed by atoms with van der Waals surface area (Å²) in [6, 6.07) is 11.0. The summed E-state index contributed by atoms with van der Waals surface area (Å²) in [6.45, 7) is 7.35. The van der Waals surface area contributed by atoms with Crippen LogP contribution >= 0.6 is 0 Å². The van der Waals surface area contributed by atoms with Crippen LogP contribution in [-0.4, -0.2) is 16.4 Å². The Morgan fingerprint density at radius 1 is 1.04 bits per heavy atom. The SMILES string of the molecule is C=CCc1cc(O)c(CC=C)c(/C=N/Nc2ccccc2)c1O. The molecule has 23 heavy (non-hydrogen) atoms. The van der Waals surface area contributed by atoms with Crippen molar-refractivity contribution in [3.05, 3.63) is 78.4 Å². The quantitative estimate of drug-likeness (QED) is 0.313. The van der Waals surface area contributed by atoms with Crippen LogP contribution in [0.15, 0.2) is 66.8 Å². The number of phenolic OH excluding ortho intramolecular Hbond substituents is 2. The van der Waals surface area contributed by atoms with E-state index >= 15 is 0 Å². The molecule has 0 saturated heterocycles. The highest BCUT2D eigenvalue weighted by atomic mass is 16.3. The molecule has 3 N–H and O–H groups in total. The highest BCUT2D eigenvalue weighted by Crippen LogP contribution is 2.33. The molecule has 118 valence electrons. The van der Waals surface area contributed by atoms with Gasteiger partial charge in [-0.1, -0.05) is 30.4 Å². The van der Waals surface area contributed by atoms with Crippen LogP contribution in [-0.2, 0) is 12.8 Å². The van der Waals surface area contributed by atoms with Crippen molar-refractivity contribution in [2.75, 3.05) is 5.43 Å². The second kappa shape index (κ2) is 7.84. The van der Waals surface area contributed by atoms with E-state index < -0.39 is 0 Å². The molecule has 0 bridgehead atoms. The zero-order valence-corrected chi connectivity index (χ0v) is 12.9. The van der Waals surface area contributed by atoms with Gasteiger partial charge >= 0.3 is 0 Å². The van der Waals surface area contributed by atoms with Crippen molar-refractivity contribution in [1.82, 2.24) is 0 Å². The minimum Gasteiger partial charge on any atom is -0.508 e. The number of hydrazone groups is 1. The fourth-order valence-electron chi connectivity index (χ4n) is 2.27. The smallest absolute Gasteiger partial charge is 0.128 e. The number of nitrogens with zero attached hydrogens (tertiary/aromatic N) is 1. The zero-order valence-electron chi connectivity index (χ0n) is 12.9. The first-order valence-corrected chi connectivity index (χ1v) is 7.30. The minimum atomic E-state index is 0.0955. The number of nitrogens with one attached hydrogen (secondary N) is 1. The average Bonchev–Trinajstić information content (AvgIpc) is 2.56. The second-order valence-electron chi connectivity index (χ2n) is 5.02. The first kappa shape index (κ1) is 16.4. The number of benzene rings is 2. The summed E-state index contributed by atoms with van der Waals surface area (Å²) in [7, 11) is 0. The number of phenols is 2. The van der Waals surface area contributed by atoms with E-state index in [1.165, 1.54) is 6.21 Å². The lowest BCUT2D eigenvalue weighted by atomic mass is 9.97. The van der Waals surface area contributed by atoms with Gasteiger partial charge in [-0.25, -0.2) is 0 Å². The van der Waals surface area contributed by atoms with Crippen molar-refractivity contribution in [2.24, 2.45) is 5.10 Å². The first-order chi connectivity index (χ1) is 11.2. The molecule has 0 fully saturated rings. The third-order valence-electron chi connectivity index (χ3n) is 3.38. The Balaban J connectivity index is 2.37. The predicted octanol–water partition coefficient (Wildman–Crippen LogP) is 4.00. The largest absolute Gasteiger partial charge is 0.508 e. The second-order valence-corrected chi connectivity index (χ2v) is 5.02. The summed E-state index contributed by atoms with van der Waals surface area (Å²) in [5.74, 6) is 0.207. The van der Waals surface area contributed by atoms with Crippen LogP contribution in [0.4, 0.5) is 5.69 Å². The lowest BCUT2D eigenvalue weighted by molar-refractivity contribution is 0.450. The topological polar surface area (TPSA) is 64.9 Å². The molecular formula is C19H20N2O2. The summed E-state index contributed by atoms with van der Waals surface area (Å²) in [5.41, 5.74) is 5.39. The van der Waals surface area contributed by atoms with Crippen LogP contribution in [0.5, 0.6) is 11.5 Å². The van der Waals surface area contributed by atoms with E-state index in [1.807, 2.05) is 30.3 Å². The van der Waals surface area contributed by atoms with Crippen molar-refractivity contribution in [2.45, 2.75) is 12.8 Å². The number of para-hydroxylation sites is 1. The molecule has 0 spiro atoms. The van der Waals surface area contributed by atoms with Gasteiger partial charge in [0.1, 0.15) is 11.5 Å². The standard InChI is InChI=1S/C19H20N2O2/c1-3-8-14-12-18(22)16(9-4-2)17(19(14)23)13-20-21-15-10-6-5-7-11-15/h3-7,10-13,21-23H,1-2,8-9H2/b20-13+. The van der Waals surface area contributed by atoms with Gasteiger partial charge < -0.3 is 10.2 Å². The van der Waals surface area contributed by atoms with Crippen molar-refractivity contribution >= 4 is 11.9 Å². The molecule has 0 amide bonds. The van der Waals surface area contributed by atoms with Crippen LogP contribution < -0.4 is 5.43 Å². The van der Waals surface area contributed by atoms with Gasteiger partial charge in [0, 0.05) is 16.7 Å². The van der Waals surface area contributed by atoms with E-state index in [9.17, 15) is 10.2 Å². The molecule has 2 aromatic rings. The van der Waals surface area contributed by atoms with Crippen molar-refractivity contribution in [1.29, 1.82) is 0 Å². The van der Waals surface area contributed by atoms with Gasteiger partial charge in [-0.2, -0.15) is 5.10 Å². The fraction of sp³-hybridized carbons (Fsp3) is 0.105. The molecule has 0 aromatic heterocycles. The van der Waals surface area contributed by atoms with E-state index in [2.05, 4.69) is 23.7 Å². The van der Waals surface area contributed by atoms with Gasteiger partial charge in [0.2, 0.25) is 0 Å². The van der Waals surface area contributed by atoms with Crippen molar-refractivity contribution in [3.8, 4) is 11.5 Å². The van der Waals surface area contributed by atoms with Crippen LogP contribution in [0.25, 0.3) is 0 Å². The number of aromatic hydroxyl groups is 2. The molecule has 0 aliphatic carbocycles. The van der Waals surface area contributed by atoms with E-state index in [4.69, 9.17) is 0 Å². The molecule has 0 heterocycles. The van der Waals surface area contributed by atoms with E-state index in [1.54, 1.807) is 18.2 Å². The normalized spacial score (nSPS) is 10.6. The monoisotopic (exact) mass is 308 g/mol. The average molecular weight is 308 g/mol. The number of hydrogen-bond donors (Lipinski definition) is 3. The molecule has 0 radical (unpaired) electrons. The third kappa shape index (κ3) is 4.01. The third-order valence-corrected chi connectivity index (χ3v) is 3.38. The van der Waals surface area contributed by atoms with Crippen LogP contribution in [0.1, 0.15) is 16.7 Å². The number of hydrogen-bond acceptors (Lipinski definition) is 4. The van der Waals surface area contributed by atoms with E-state index in [-0.39, 0.29) is 11.5 Å². The molecule has 0 aliphatic heterocycles. The maximum Gasteiger partial charge on any atom is 0.128 e. The van der Waals surface area contributed by atoms with Gasteiger partial charge in [-0.3, -0.25) is 5.43 Å². The molecule has 0 atom stereocenters. The number of rotatable bonds is 7. The Bertz CT molecular complexity index is 722. The summed E-state index contributed by atoms with van der Waals surface area (Å²) in [6.07, 6.45) is 5.74. The molecular weight excluding hydrogens is 288 g/mol. The van der Waals surface area contributed by atoms with E-state index in [0.717, 1.165) is 5.69 Å². The lowest BCUT2D eigenvalue weighted by Gasteiger charge is -2.12. The fourth-order valence-corrected chi connectivity index (χ4v) is 2.27. The summed E-state index contributed by atoms with van der Waals surface area (Å²) in [5, 5.41) is 24.8. The number of allylic oxidation sites excluding steroid dienone is 2. The predicted molar refractivity (Wildman–Crippen MR) is 95.2 cm³/mol. The van der Waals surface area contributed by atoms with Gasteiger partial charge in [0.25, 0.3) is 0 Å². The molecule has 4 nitrogen and oxygen atoms in total. The summed E-state index contributed by atoms with van der Waals surface area (Å²) in [4.78, 5) is 0. The van der Waals surface area contributed by atoms with Crippen molar-refractivity contribution < 1.29 is 10.2 Å². The first-order valence-electron chi connectivity index (χ1n) is 7.30. The number of anilines is 1. The maximum atomic E-state index is 10.4. The Labute approximate surface area is 136 Å². The lowest BCUT2D eigenvalue weighted by Crippen LogP contribution is -1.99. The van der Waals surface area contributed by atoms with Crippen LogP contribution in [0.2, 0.25) is 0 Å². The van der Waals surface area contributed by atoms with Crippen molar-refractivity contribution in [3.63, 3.8) is 0 Å². The van der Waals surface area contributed by atoms with Gasteiger partial charge in [-0.05, 0) is 31.0 Å². The summed E-state index contributed by atoms with van der Waals surface area (Å²) < 4.78 is 0. The molecule has 4 heteroatoms. The van der Waals surface area contributed by atoms with E-state index in [0.29, 0.717) is 29.5 Å².